The van der Waals surface area contributed by atoms with Crippen LogP contribution in [0.3, 0.4) is 0 Å². The van der Waals surface area contributed by atoms with E-state index in [1.54, 1.807) is 7.11 Å². The summed E-state index contributed by atoms with van der Waals surface area (Å²) in [5.41, 5.74) is 8.00. The van der Waals surface area contributed by atoms with E-state index in [0.717, 1.165) is 34.2 Å². The number of rotatable bonds is 7. The molecule has 0 unspecified atom stereocenters. The Morgan fingerprint density at radius 1 is 0.429 bits per heavy atom. The second-order valence-corrected chi connectivity index (χ2v) is 8.36. The second kappa shape index (κ2) is 10.2. The molecule has 0 radical (unpaired) electrons. The zero-order valence-corrected chi connectivity index (χ0v) is 20.0. The van der Waals surface area contributed by atoms with Crippen LogP contribution in [0.5, 0.6) is 5.75 Å². The first-order valence-corrected chi connectivity index (χ1v) is 11.7. The maximum absolute atomic E-state index is 5.29. The van der Waals surface area contributed by atoms with Gasteiger partial charge in [-0.3, -0.25) is 0 Å². The number of para-hydroxylation sites is 1. The lowest BCUT2D eigenvalue weighted by atomic mass is 10.0. The lowest BCUT2D eigenvalue weighted by molar-refractivity contribution is 0.415. The Balaban J connectivity index is 1.46. The van der Waals surface area contributed by atoms with E-state index in [1.807, 2.05) is 24.3 Å². The fourth-order valence-corrected chi connectivity index (χ4v) is 4.24. The quantitative estimate of drug-likeness (QED) is 0.244. The van der Waals surface area contributed by atoms with E-state index >= 15 is 0 Å². The third-order valence-electron chi connectivity index (χ3n) is 6.20. The SMILES string of the molecule is COc1ccc(N(C)c2ccc(N(c3ccccc3)c3ccc(-c4ccccc4)cc3)cc2)cc1. The van der Waals surface area contributed by atoms with Gasteiger partial charge in [-0.1, -0.05) is 60.7 Å². The van der Waals surface area contributed by atoms with Gasteiger partial charge in [0.1, 0.15) is 5.75 Å². The zero-order chi connectivity index (χ0) is 24.0. The van der Waals surface area contributed by atoms with Gasteiger partial charge < -0.3 is 14.5 Å². The topological polar surface area (TPSA) is 15.7 Å². The maximum Gasteiger partial charge on any atom is 0.119 e. The number of ether oxygens (including phenoxy) is 1. The van der Waals surface area contributed by atoms with Crippen LogP contribution in [-0.2, 0) is 0 Å². The fourth-order valence-electron chi connectivity index (χ4n) is 4.24. The summed E-state index contributed by atoms with van der Waals surface area (Å²) in [4.78, 5) is 4.46. The molecule has 5 aromatic rings. The van der Waals surface area contributed by atoms with Crippen molar-refractivity contribution >= 4 is 28.4 Å². The van der Waals surface area contributed by atoms with Crippen LogP contribution in [0.25, 0.3) is 11.1 Å². The van der Waals surface area contributed by atoms with E-state index in [4.69, 9.17) is 4.74 Å². The number of hydrogen-bond donors (Lipinski definition) is 0. The van der Waals surface area contributed by atoms with Crippen LogP contribution >= 0.6 is 0 Å². The molecule has 0 atom stereocenters. The minimum atomic E-state index is 0.856. The van der Waals surface area contributed by atoms with E-state index in [9.17, 15) is 0 Å². The standard InChI is InChI=1S/C32H28N2O/c1-33(28-21-23-32(35-2)24-22-28)27-17-19-31(20-18-27)34(29-11-7-4-8-12-29)30-15-13-26(14-16-30)25-9-5-3-6-10-25/h3-24H,1-2H3. The lowest BCUT2D eigenvalue weighted by Gasteiger charge is -2.27. The summed E-state index contributed by atoms with van der Waals surface area (Å²) in [7, 11) is 3.76. The Bertz CT molecular complexity index is 1350. The largest absolute Gasteiger partial charge is 0.497 e. The summed E-state index contributed by atoms with van der Waals surface area (Å²) in [5, 5.41) is 0. The van der Waals surface area contributed by atoms with Crippen LogP contribution < -0.4 is 14.5 Å². The summed E-state index contributed by atoms with van der Waals surface area (Å²) >= 11 is 0. The first-order valence-electron chi connectivity index (χ1n) is 11.7. The smallest absolute Gasteiger partial charge is 0.119 e. The highest BCUT2D eigenvalue weighted by Gasteiger charge is 2.13. The molecule has 0 saturated carbocycles. The van der Waals surface area contributed by atoms with Gasteiger partial charge in [-0.25, -0.2) is 0 Å². The van der Waals surface area contributed by atoms with Gasteiger partial charge in [-0.2, -0.15) is 0 Å². The number of methoxy groups -OCH3 is 1. The maximum atomic E-state index is 5.29. The lowest BCUT2D eigenvalue weighted by Crippen LogP contribution is -2.11. The molecule has 0 spiro atoms. The van der Waals surface area contributed by atoms with Gasteiger partial charge >= 0.3 is 0 Å². The van der Waals surface area contributed by atoms with Crippen molar-refractivity contribution in [3.05, 3.63) is 133 Å². The number of anilines is 5. The first-order chi connectivity index (χ1) is 17.2. The molecule has 0 heterocycles. The Hall–Kier alpha value is -4.50. The highest BCUT2D eigenvalue weighted by Crippen LogP contribution is 2.37. The molecule has 0 aliphatic carbocycles. The third kappa shape index (κ3) is 4.90. The number of hydrogen-bond acceptors (Lipinski definition) is 3. The summed E-state index contributed by atoms with van der Waals surface area (Å²) in [6, 6.07) is 46.5. The summed E-state index contributed by atoms with van der Waals surface area (Å²) < 4.78 is 5.29. The predicted octanol–water partition coefficient (Wildman–Crippen LogP) is 8.60. The van der Waals surface area contributed by atoms with Crippen molar-refractivity contribution in [2.75, 3.05) is 24.0 Å². The molecular formula is C32H28N2O. The van der Waals surface area contributed by atoms with Gasteiger partial charge in [0.15, 0.2) is 0 Å². The van der Waals surface area contributed by atoms with E-state index < -0.39 is 0 Å². The van der Waals surface area contributed by atoms with Crippen LogP contribution in [-0.4, -0.2) is 14.2 Å². The summed E-state index contributed by atoms with van der Waals surface area (Å²) in [6.45, 7) is 0. The van der Waals surface area contributed by atoms with Gasteiger partial charge in [0.05, 0.1) is 7.11 Å². The zero-order valence-electron chi connectivity index (χ0n) is 20.0. The molecule has 5 aromatic carbocycles. The van der Waals surface area contributed by atoms with Crippen molar-refractivity contribution < 1.29 is 4.74 Å². The van der Waals surface area contributed by atoms with Crippen molar-refractivity contribution in [3.63, 3.8) is 0 Å². The first kappa shape index (κ1) is 22.3. The molecule has 0 N–H and O–H groups in total. The minimum absolute atomic E-state index is 0.856. The van der Waals surface area contributed by atoms with Crippen molar-refractivity contribution in [2.45, 2.75) is 0 Å². The molecule has 0 aromatic heterocycles. The van der Waals surface area contributed by atoms with E-state index in [2.05, 4.69) is 126 Å². The van der Waals surface area contributed by atoms with Crippen LogP contribution in [0, 0.1) is 0 Å². The molecule has 3 nitrogen and oxygen atoms in total. The van der Waals surface area contributed by atoms with Crippen LogP contribution in [0.15, 0.2) is 133 Å². The normalized spacial score (nSPS) is 10.6. The van der Waals surface area contributed by atoms with Crippen molar-refractivity contribution in [3.8, 4) is 16.9 Å². The Morgan fingerprint density at radius 2 is 0.829 bits per heavy atom. The molecule has 0 fully saturated rings. The predicted molar refractivity (Wildman–Crippen MR) is 148 cm³/mol. The Labute approximate surface area is 207 Å². The summed E-state index contributed by atoms with van der Waals surface area (Å²) in [6.07, 6.45) is 0. The third-order valence-corrected chi connectivity index (χ3v) is 6.20. The van der Waals surface area contributed by atoms with Crippen molar-refractivity contribution in [1.29, 1.82) is 0 Å². The molecule has 3 heteroatoms. The van der Waals surface area contributed by atoms with E-state index in [0.29, 0.717) is 0 Å². The fraction of sp³-hybridized carbons (Fsp3) is 0.0625. The average Bonchev–Trinajstić information content (AvgIpc) is 2.95. The van der Waals surface area contributed by atoms with Crippen LogP contribution in [0.2, 0.25) is 0 Å². The van der Waals surface area contributed by atoms with E-state index in [1.165, 1.54) is 11.1 Å². The van der Waals surface area contributed by atoms with Gasteiger partial charge in [0.25, 0.3) is 0 Å². The van der Waals surface area contributed by atoms with Gasteiger partial charge in [-0.05, 0) is 83.9 Å². The number of benzene rings is 5. The van der Waals surface area contributed by atoms with Crippen LogP contribution in [0.1, 0.15) is 0 Å². The monoisotopic (exact) mass is 456 g/mol. The van der Waals surface area contributed by atoms with Crippen molar-refractivity contribution in [1.82, 2.24) is 0 Å². The molecule has 172 valence electrons. The summed E-state index contributed by atoms with van der Waals surface area (Å²) in [5.74, 6) is 0.856. The molecular weight excluding hydrogens is 428 g/mol. The number of nitrogens with zero attached hydrogens (tertiary/aromatic N) is 2. The van der Waals surface area contributed by atoms with Crippen LogP contribution in [0.4, 0.5) is 28.4 Å². The Morgan fingerprint density at radius 3 is 1.37 bits per heavy atom. The minimum Gasteiger partial charge on any atom is -0.497 e. The Kier molecular flexibility index (Phi) is 6.49. The average molecular weight is 457 g/mol. The highest BCUT2D eigenvalue weighted by atomic mass is 16.5. The molecule has 0 aliphatic rings. The van der Waals surface area contributed by atoms with Gasteiger partial charge in [0.2, 0.25) is 0 Å². The molecule has 0 aliphatic heterocycles. The second-order valence-electron chi connectivity index (χ2n) is 8.36. The van der Waals surface area contributed by atoms with Gasteiger partial charge in [-0.15, -0.1) is 0 Å². The van der Waals surface area contributed by atoms with Gasteiger partial charge in [0, 0.05) is 35.5 Å². The van der Waals surface area contributed by atoms with E-state index in [-0.39, 0.29) is 0 Å². The molecule has 35 heavy (non-hydrogen) atoms. The highest BCUT2D eigenvalue weighted by molar-refractivity contribution is 5.79. The van der Waals surface area contributed by atoms with Crippen molar-refractivity contribution in [2.24, 2.45) is 0 Å². The molecule has 5 rings (SSSR count). The molecule has 0 bridgehead atoms. The molecule has 0 amide bonds. The molecule has 0 saturated heterocycles.